The summed E-state index contributed by atoms with van der Waals surface area (Å²) >= 11 is 0. The number of nitriles is 1. The van der Waals surface area contributed by atoms with Crippen molar-refractivity contribution in [3.63, 3.8) is 0 Å². The quantitative estimate of drug-likeness (QED) is 0.703. The van der Waals surface area contributed by atoms with Crippen LogP contribution in [0.4, 0.5) is 0 Å². The third-order valence-electron chi connectivity index (χ3n) is 3.41. The Morgan fingerprint density at radius 2 is 2.16 bits per heavy atom. The van der Waals surface area contributed by atoms with Crippen LogP contribution < -0.4 is 0 Å². The second-order valence-electron chi connectivity index (χ2n) is 4.63. The summed E-state index contributed by atoms with van der Waals surface area (Å²) in [4.78, 5) is 0. The van der Waals surface area contributed by atoms with E-state index in [0.717, 1.165) is 34.5 Å². The molecule has 0 radical (unpaired) electrons. The van der Waals surface area contributed by atoms with E-state index in [9.17, 15) is 0 Å². The lowest BCUT2D eigenvalue weighted by Gasteiger charge is -2.05. The first-order valence-electron chi connectivity index (χ1n) is 6.10. The predicted octanol–water partition coefficient (Wildman–Crippen LogP) is 3.17. The van der Waals surface area contributed by atoms with E-state index in [1.54, 1.807) is 0 Å². The molecular weight excluding hydrogens is 238 g/mol. The molecule has 0 saturated heterocycles. The number of hydrogen-bond acceptors (Lipinski definition) is 3. The Kier molecular flexibility index (Phi) is 2.60. The van der Waals surface area contributed by atoms with E-state index in [1.165, 1.54) is 0 Å². The van der Waals surface area contributed by atoms with Crippen molar-refractivity contribution in [3.05, 3.63) is 53.0 Å². The highest BCUT2D eigenvalue weighted by molar-refractivity contribution is 5.81. The number of aromatic nitrogens is 2. The van der Waals surface area contributed by atoms with Crippen LogP contribution in [0, 0.1) is 25.2 Å². The van der Waals surface area contributed by atoms with E-state index in [-0.39, 0.29) is 0 Å². The van der Waals surface area contributed by atoms with Crippen molar-refractivity contribution >= 4 is 10.9 Å². The zero-order chi connectivity index (χ0) is 13.4. The van der Waals surface area contributed by atoms with Crippen LogP contribution in [0.25, 0.3) is 10.9 Å². The fourth-order valence-corrected chi connectivity index (χ4v) is 2.31. The summed E-state index contributed by atoms with van der Waals surface area (Å²) < 4.78 is 7.33. The lowest BCUT2D eigenvalue weighted by atomic mass is 10.1. The Labute approximate surface area is 110 Å². The second-order valence-corrected chi connectivity index (χ2v) is 4.63. The number of aryl methyl sites for hydroxylation is 2. The smallest absolute Gasteiger partial charge is 0.138 e. The summed E-state index contributed by atoms with van der Waals surface area (Å²) in [6.45, 7) is 4.61. The Hall–Kier alpha value is -2.54. The first-order valence-corrected chi connectivity index (χ1v) is 6.10. The number of hydrogen-bond donors (Lipinski definition) is 0. The van der Waals surface area contributed by atoms with Crippen molar-refractivity contribution < 1.29 is 4.52 Å². The highest BCUT2D eigenvalue weighted by Crippen LogP contribution is 2.21. The molecule has 4 heteroatoms. The van der Waals surface area contributed by atoms with E-state index in [4.69, 9.17) is 9.78 Å². The standard InChI is InChI=1S/C15H13N3O/c1-10-14(11(2)19-17-10)9-18-6-5-13-7-12(8-16)3-4-15(13)18/h3-7H,9H2,1-2H3. The molecule has 0 bridgehead atoms. The summed E-state index contributed by atoms with van der Waals surface area (Å²) in [5.41, 5.74) is 3.83. The molecule has 3 rings (SSSR count). The van der Waals surface area contributed by atoms with E-state index in [2.05, 4.69) is 15.8 Å². The molecule has 0 aliphatic heterocycles. The predicted molar refractivity (Wildman–Crippen MR) is 71.7 cm³/mol. The molecule has 0 unspecified atom stereocenters. The minimum Gasteiger partial charge on any atom is -0.361 e. The van der Waals surface area contributed by atoms with Crippen molar-refractivity contribution in [1.82, 2.24) is 9.72 Å². The van der Waals surface area contributed by atoms with Gasteiger partial charge >= 0.3 is 0 Å². The van der Waals surface area contributed by atoms with Gasteiger partial charge in [0.05, 0.1) is 23.9 Å². The molecule has 1 aromatic carbocycles. The van der Waals surface area contributed by atoms with Gasteiger partial charge in [0.1, 0.15) is 5.76 Å². The van der Waals surface area contributed by atoms with Gasteiger partial charge in [-0.05, 0) is 38.1 Å². The molecule has 0 fully saturated rings. The Morgan fingerprint density at radius 1 is 1.32 bits per heavy atom. The van der Waals surface area contributed by atoms with Gasteiger partial charge in [0.25, 0.3) is 0 Å². The average molecular weight is 251 g/mol. The number of fused-ring (bicyclic) bond motifs is 1. The minimum atomic E-state index is 0.683. The minimum absolute atomic E-state index is 0.683. The molecule has 0 saturated carbocycles. The van der Waals surface area contributed by atoms with E-state index in [0.29, 0.717) is 5.56 Å². The summed E-state index contributed by atoms with van der Waals surface area (Å²) in [5, 5.41) is 14.0. The SMILES string of the molecule is Cc1noc(C)c1Cn1ccc2cc(C#N)ccc21. The van der Waals surface area contributed by atoms with E-state index >= 15 is 0 Å². The lowest BCUT2D eigenvalue weighted by molar-refractivity contribution is 0.392. The zero-order valence-electron chi connectivity index (χ0n) is 10.8. The van der Waals surface area contributed by atoms with Gasteiger partial charge in [-0.2, -0.15) is 5.26 Å². The van der Waals surface area contributed by atoms with Crippen molar-refractivity contribution in [3.8, 4) is 6.07 Å². The summed E-state index contributed by atoms with van der Waals surface area (Å²) in [6, 6.07) is 9.90. The van der Waals surface area contributed by atoms with Crippen LogP contribution in [0.1, 0.15) is 22.6 Å². The van der Waals surface area contributed by atoms with Crippen molar-refractivity contribution in [2.24, 2.45) is 0 Å². The normalized spacial score (nSPS) is 10.8. The van der Waals surface area contributed by atoms with Crippen molar-refractivity contribution in [2.75, 3.05) is 0 Å². The highest BCUT2D eigenvalue weighted by Gasteiger charge is 2.11. The van der Waals surface area contributed by atoms with E-state index in [1.807, 2.05) is 44.3 Å². The number of rotatable bonds is 2. The van der Waals surface area contributed by atoms with Crippen molar-refractivity contribution in [2.45, 2.75) is 20.4 Å². The molecule has 0 aliphatic rings. The molecule has 2 aromatic heterocycles. The van der Waals surface area contributed by atoms with Crippen LogP contribution in [0.2, 0.25) is 0 Å². The third kappa shape index (κ3) is 1.89. The molecule has 3 aromatic rings. The second kappa shape index (κ2) is 4.29. The number of nitrogens with zero attached hydrogens (tertiary/aromatic N) is 3. The third-order valence-corrected chi connectivity index (χ3v) is 3.41. The maximum atomic E-state index is 8.91. The highest BCUT2D eigenvalue weighted by atomic mass is 16.5. The van der Waals surface area contributed by atoms with Gasteiger partial charge in [-0.1, -0.05) is 5.16 Å². The van der Waals surface area contributed by atoms with Gasteiger partial charge in [-0.3, -0.25) is 0 Å². The van der Waals surface area contributed by atoms with Crippen LogP contribution in [0.5, 0.6) is 0 Å². The first-order chi connectivity index (χ1) is 9.19. The van der Waals surface area contributed by atoms with Gasteiger partial charge in [0.15, 0.2) is 0 Å². The zero-order valence-corrected chi connectivity index (χ0v) is 10.8. The maximum Gasteiger partial charge on any atom is 0.138 e. The molecular formula is C15H13N3O. The van der Waals surface area contributed by atoms with Crippen molar-refractivity contribution in [1.29, 1.82) is 5.26 Å². The topological polar surface area (TPSA) is 54.8 Å². The molecule has 0 spiro atoms. The molecule has 0 N–H and O–H groups in total. The maximum absolute atomic E-state index is 8.91. The lowest BCUT2D eigenvalue weighted by Crippen LogP contribution is -1.99. The Morgan fingerprint density at radius 3 is 2.84 bits per heavy atom. The Bertz CT molecular complexity index is 770. The Balaban J connectivity index is 2.05. The summed E-state index contributed by atoms with van der Waals surface area (Å²) in [5.74, 6) is 0.855. The summed E-state index contributed by atoms with van der Waals surface area (Å²) in [7, 11) is 0. The monoisotopic (exact) mass is 251 g/mol. The van der Waals surface area contributed by atoms with Crippen LogP contribution >= 0.6 is 0 Å². The van der Waals surface area contributed by atoms with Gasteiger partial charge in [-0.15, -0.1) is 0 Å². The van der Waals surface area contributed by atoms with Crippen LogP contribution in [-0.2, 0) is 6.54 Å². The largest absolute Gasteiger partial charge is 0.361 e. The first kappa shape index (κ1) is 11.5. The molecule has 4 nitrogen and oxygen atoms in total. The molecule has 0 aliphatic carbocycles. The fourth-order valence-electron chi connectivity index (χ4n) is 2.31. The molecule has 0 atom stereocenters. The van der Waals surface area contributed by atoms with Gasteiger partial charge in [0.2, 0.25) is 0 Å². The fraction of sp³-hybridized carbons (Fsp3) is 0.200. The molecule has 94 valence electrons. The van der Waals surface area contributed by atoms with Crippen LogP contribution in [0.3, 0.4) is 0 Å². The van der Waals surface area contributed by atoms with Gasteiger partial charge < -0.3 is 9.09 Å². The summed E-state index contributed by atoms with van der Waals surface area (Å²) in [6.07, 6.45) is 2.03. The van der Waals surface area contributed by atoms with Gasteiger partial charge in [-0.25, -0.2) is 0 Å². The average Bonchev–Trinajstić information content (AvgIpc) is 2.96. The number of benzene rings is 1. The van der Waals surface area contributed by atoms with Gasteiger partial charge in [0, 0.05) is 22.7 Å². The van der Waals surface area contributed by atoms with Crippen LogP contribution in [-0.4, -0.2) is 9.72 Å². The van der Waals surface area contributed by atoms with Crippen LogP contribution in [0.15, 0.2) is 35.0 Å². The molecule has 19 heavy (non-hydrogen) atoms. The molecule has 2 heterocycles. The van der Waals surface area contributed by atoms with E-state index < -0.39 is 0 Å². The molecule has 0 amide bonds.